The summed E-state index contributed by atoms with van der Waals surface area (Å²) in [5, 5.41) is 3.27. The van der Waals surface area contributed by atoms with Crippen LogP contribution < -0.4 is 14.8 Å². The Balaban J connectivity index is 2.30. The van der Waals surface area contributed by atoms with Crippen molar-refractivity contribution in [3.05, 3.63) is 24.3 Å². The summed E-state index contributed by atoms with van der Waals surface area (Å²) in [4.78, 5) is 0. The third-order valence-corrected chi connectivity index (χ3v) is 2.42. The summed E-state index contributed by atoms with van der Waals surface area (Å²) in [5.74, 6) is 1.59. The Kier molecular flexibility index (Phi) is 6.50. The number of hydrogen-bond donors (Lipinski definition) is 1. The Morgan fingerprint density at radius 2 is 1.93 bits per heavy atom. The van der Waals surface area contributed by atoms with Gasteiger partial charge in [0.05, 0.1) is 7.11 Å². The van der Waals surface area contributed by atoms with Gasteiger partial charge in [0.15, 0.2) is 11.5 Å². The summed E-state index contributed by atoms with van der Waals surface area (Å²) in [6.45, 7) is 2.55. The number of methoxy groups -OCH3 is 1. The van der Waals surface area contributed by atoms with Gasteiger partial charge in [-0.3, -0.25) is 0 Å². The molecule has 84 valence electrons. The number of alkyl halides is 1. The maximum absolute atomic E-state index is 5.58. The van der Waals surface area contributed by atoms with Gasteiger partial charge < -0.3 is 14.8 Å². The van der Waals surface area contributed by atoms with Crippen molar-refractivity contribution in [1.82, 2.24) is 5.32 Å². The van der Waals surface area contributed by atoms with Crippen molar-refractivity contribution < 1.29 is 9.47 Å². The summed E-state index contributed by atoms with van der Waals surface area (Å²) in [6.07, 6.45) is 0. The predicted molar refractivity (Wildman–Crippen MR) is 70.2 cm³/mol. The largest absolute Gasteiger partial charge is 0.493 e. The summed E-state index contributed by atoms with van der Waals surface area (Å²) in [5.41, 5.74) is 0. The van der Waals surface area contributed by atoms with Crippen LogP contribution in [0.2, 0.25) is 0 Å². The molecule has 0 atom stereocenters. The van der Waals surface area contributed by atoms with Gasteiger partial charge in [-0.05, 0) is 12.1 Å². The zero-order valence-electron chi connectivity index (χ0n) is 8.83. The van der Waals surface area contributed by atoms with E-state index in [4.69, 9.17) is 9.47 Å². The molecule has 0 saturated heterocycles. The van der Waals surface area contributed by atoms with Crippen LogP contribution in [-0.4, -0.2) is 31.2 Å². The van der Waals surface area contributed by atoms with Crippen LogP contribution in [0, 0.1) is 0 Å². The van der Waals surface area contributed by atoms with Crippen LogP contribution in [0.15, 0.2) is 24.3 Å². The molecule has 0 unspecified atom stereocenters. The second kappa shape index (κ2) is 7.76. The van der Waals surface area contributed by atoms with Crippen molar-refractivity contribution in [1.29, 1.82) is 0 Å². The molecule has 1 aromatic rings. The highest BCUT2D eigenvalue weighted by Crippen LogP contribution is 2.25. The Labute approximate surface area is 104 Å². The number of ether oxygens (including phenoxy) is 2. The van der Waals surface area contributed by atoms with Crippen molar-refractivity contribution in [2.45, 2.75) is 0 Å². The van der Waals surface area contributed by atoms with E-state index >= 15 is 0 Å². The molecule has 0 aliphatic carbocycles. The van der Waals surface area contributed by atoms with Crippen LogP contribution in [0.5, 0.6) is 11.5 Å². The average molecular weight is 321 g/mol. The summed E-state index contributed by atoms with van der Waals surface area (Å²) >= 11 is 2.34. The molecule has 1 rings (SSSR count). The van der Waals surface area contributed by atoms with Gasteiger partial charge in [-0.15, -0.1) is 0 Å². The zero-order valence-corrected chi connectivity index (χ0v) is 11.0. The minimum atomic E-state index is 0.664. The van der Waals surface area contributed by atoms with E-state index in [1.54, 1.807) is 7.11 Å². The second-order valence-electron chi connectivity index (χ2n) is 2.94. The first kappa shape index (κ1) is 12.6. The van der Waals surface area contributed by atoms with E-state index in [-0.39, 0.29) is 0 Å². The standard InChI is InChI=1S/C11H16INO2/c1-14-10-4-2-3-5-11(10)15-9-8-13-7-6-12/h2-5,13H,6-9H2,1H3. The maximum Gasteiger partial charge on any atom is 0.161 e. The Morgan fingerprint density at radius 3 is 2.60 bits per heavy atom. The predicted octanol–water partition coefficient (Wildman–Crippen LogP) is 2.10. The van der Waals surface area contributed by atoms with E-state index < -0.39 is 0 Å². The number of benzene rings is 1. The van der Waals surface area contributed by atoms with Gasteiger partial charge >= 0.3 is 0 Å². The molecule has 0 radical (unpaired) electrons. The lowest BCUT2D eigenvalue weighted by atomic mass is 10.3. The molecule has 4 heteroatoms. The van der Waals surface area contributed by atoms with Crippen molar-refractivity contribution >= 4 is 22.6 Å². The van der Waals surface area contributed by atoms with E-state index in [0.29, 0.717) is 6.61 Å². The molecule has 1 N–H and O–H groups in total. The third kappa shape index (κ3) is 4.70. The quantitative estimate of drug-likeness (QED) is 0.474. The maximum atomic E-state index is 5.58. The number of para-hydroxylation sites is 2. The van der Waals surface area contributed by atoms with Gasteiger partial charge in [0.2, 0.25) is 0 Å². The van der Waals surface area contributed by atoms with Gasteiger partial charge in [0.1, 0.15) is 6.61 Å². The van der Waals surface area contributed by atoms with Crippen LogP contribution >= 0.6 is 22.6 Å². The molecule has 0 amide bonds. The summed E-state index contributed by atoms with van der Waals surface area (Å²) in [7, 11) is 1.65. The molecule has 1 aromatic carbocycles. The molecular weight excluding hydrogens is 305 g/mol. The normalized spacial score (nSPS) is 10.0. The first-order chi connectivity index (χ1) is 7.38. The lowest BCUT2D eigenvalue weighted by Gasteiger charge is -2.10. The Morgan fingerprint density at radius 1 is 1.20 bits per heavy atom. The molecule has 0 saturated carbocycles. The van der Waals surface area contributed by atoms with Crippen LogP contribution in [0.25, 0.3) is 0 Å². The van der Waals surface area contributed by atoms with Crippen molar-refractivity contribution in [2.24, 2.45) is 0 Å². The number of nitrogens with one attached hydrogen (secondary N) is 1. The minimum absolute atomic E-state index is 0.664. The van der Waals surface area contributed by atoms with E-state index in [9.17, 15) is 0 Å². The second-order valence-corrected chi connectivity index (χ2v) is 4.02. The number of rotatable bonds is 7. The topological polar surface area (TPSA) is 30.5 Å². The molecular formula is C11H16INO2. The first-order valence-electron chi connectivity index (χ1n) is 4.91. The molecule has 0 bridgehead atoms. The molecule has 0 fully saturated rings. The van der Waals surface area contributed by atoms with E-state index in [1.165, 1.54) is 0 Å². The van der Waals surface area contributed by atoms with Crippen molar-refractivity contribution in [3.8, 4) is 11.5 Å². The highest BCUT2D eigenvalue weighted by atomic mass is 127. The van der Waals surface area contributed by atoms with Crippen LogP contribution in [-0.2, 0) is 0 Å². The Hall–Kier alpha value is -0.490. The van der Waals surface area contributed by atoms with E-state index in [1.807, 2.05) is 24.3 Å². The fourth-order valence-electron chi connectivity index (χ4n) is 1.16. The van der Waals surface area contributed by atoms with Gasteiger partial charge in [-0.2, -0.15) is 0 Å². The lowest BCUT2D eigenvalue weighted by Crippen LogP contribution is -2.22. The fraction of sp³-hybridized carbons (Fsp3) is 0.455. The summed E-state index contributed by atoms with van der Waals surface area (Å²) < 4.78 is 11.9. The van der Waals surface area contributed by atoms with E-state index in [2.05, 4.69) is 27.9 Å². The minimum Gasteiger partial charge on any atom is -0.493 e. The van der Waals surface area contributed by atoms with Gasteiger partial charge in [0.25, 0.3) is 0 Å². The van der Waals surface area contributed by atoms with Crippen molar-refractivity contribution in [2.75, 3.05) is 31.2 Å². The molecule has 15 heavy (non-hydrogen) atoms. The number of halogens is 1. The lowest BCUT2D eigenvalue weighted by molar-refractivity contribution is 0.293. The highest BCUT2D eigenvalue weighted by Gasteiger charge is 2.00. The monoisotopic (exact) mass is 321 g/mol. The molecule has 3 nitrogen and oxygen atoms in total. The van der Waals surface area contributed by atoms with Crippen LogP contribution in [0.3, 0.4) is 0 Å². The van der Waals surface area contributed by atoms with Crippen molar-refractivity contribution in [3.63, 3.8) is 0 Å². The first-order valence-corrected chi connectivity index (χ1v) is 6.43. The fourth-order valence-corrected chi connectivity index (χ4v) is 1.54. The van der Waals surface area contributed by atoms with Gasteiger partial charge in [-0.25, -0.2) is 0 Å². The Bertz CT molecular complexity index is 281. The van der Waals surface area contributed by atoms with Gasteiger partial charge in [0, 0.05) is 17.5 Å². The highest BCUT2D eigenvalue weighted by molar-refractivity contribution is 14.1. The molecule has 0 spiro atoms. The average Bonchev–Trinajstić information content (AvgIpc) is 2.29. The SMILES string of the molecule is COc1ccccc1OCCNCCI. The number of hydrogen-bond acceptors (Lipinski definition) is 3. The summed E-state index contributed by atoms with van der Waals surface area (Å²) in [6, 6.07) is 7.68. The molecule has 0 aliphatic heterocycles. The molecule has 0 heterocycles. The van der Waals surface area contributed by atoms with Crippen LogP contribution in [0.1, 0.15) is 0 Å². The molecule has 0 aliphatic rings. The molecule has 0 aromatic heterocycles. The third-order valence-electron chi connectivity index (χ3n) is 1.88. The smallest absolute Gasteiger partial charge is 0.161 e. The van der Waals surface area contributed by atoms with Crippen LogP contribution in [0.4, 0.5) is 0 Å². The van der Waals surface area contributed by atoms with E-state index in [0.717, 1.165) is 29.0 Å². The van der Waals surface area contributed by atoms with Gasteiger partial charge in [-0.1, -0.05) is 34.7 Å². The zero-order chi connectivity index (χ0) is 10.9.